The second kappa shape index (κ2) is 5.29. The molecule has 0 fully saturated rings. The molecule has 1 aromatic heterocycles. The van der Waals surface area contributed by atoms with E-state index in [2.05, 4.69) is 10.2 Å². The Morgan fingerprint density at radius 2 is 1.89 bits per heavy atom. The smallest absolute Gasteiger partial charge is 0.402 e. The first-order valence-corrected chi connectivity index (χ1v) is 2.21. The van der Waals surface area contributed by atoms with E-state index in [1.165, 1.54) is 0 Å². The summed E-state index contributed by atoms with van der Waals surface area (Å²) in [5.41, 5.74) is 0. The third-order valence-corrected chi connectivity index (χ3v) is 0.406. The number of rotatable bonds is 0. The molecule has 9 heavy (non-hydrogen) atoms. The second-order valence-electron chi connectivity index (χ2n) is 1.11. The maximum Gasteiger partial charge on any atom is 0.631 e. The van der Waals surface area contributed by atoms with Crippen LogP contribution in [0.25, 0.3) is 0 Å². The molecule has 0 spiro atoms. The molecule has 0 unspecified atom stereocenters. The fourth-order valence-corrected chi connectivity index (χ4v) is 0.215. The van der Waals surface area contributed by atoms with E-state index in [1.807, 2.05) is 6.07 Å². The highest BCUT2D eigenvalue weighted by Gasteiger charge is 1.92. The molecule has 0 aromatic carbocycles. The molecule has 1 heterocycles. The summed E-state index contributed by atoms with van der Waals surface area (Å²) in [6.07, 6.45) is 3.46. The fraction of sp³-hybridized carbons (Fsp3) is 0. The van der Waals surface area contributed by atoms with Crippen LogP contribution in [0.2, 0.25) is 0 Å². The molecule has 0 saturated heterocycles. The van der Waals surface area contributed by atoms with E-state index in [1.54, 1.807) is 12.4 Å². The zero-order valence-electron chi connectivity index (χ0n) is 4.60. The minimum Gasteiger partial charge on any atom is -0.402 e. The van der Waals surface area contributed by atoms with Crippen molar-refractivity contribution in [1.29, 1.82) is 0 Å². The maximum atomic E-state index is 7.17. The first-order valence-electron chi connectivity index (χ1n) is 2.21. The Labute approximate surface area is 52.1 Å². The summed E-state index contributed by atoms with van der Waals surface area (Å²) in [4.78, 5) is 0. The third-order valence-electron chi connectivity index (χ3n) is 0.406. The van der Waals surface area contributed by atoms with Gasteiger partial charge in [-0.15, -0.1) is 0 Å². The molecule has 6 heteroatoms. The molecule has 0 bridgehead atoms. The molecule has 0 aliphatic carbocycles. The highest BCUT2D eigenvalue weighted by atomic mass is 16.5. The van der Waals surface area contributed by atoms with Crippen LogP contribution in [-0.4, -0.2) is 32.6 Å². The summed E-state index contributed by atoms with van der Waals surface area (Å²) in [6, 6.07) is 1.83. The van der Waals surface area contributed by atoms with Gasteiger partial charge < -0.3 is 15.1 Å². The first kappa shape index (κ1) is 8.15. The largest absolute Gasteiger partial charge is 0.631 e. The number of nitrogens with zero attached hydrogens (tertiary/aromatic N) is 1. The lowest BCUT2D eigenvalue weighted by Crippen LogP contribution is -2.07. The van der Waals surface area contributed by atoms with Crippen LogP contribution in [0.4, 0.5) is 0 Å². The van der Waals surface area contributed by atoms with Crippen LogP contribution in [0.15, 0.2) is 18.5 Å². The number of aromatic amines is 1. The van der Waals surface area contributed by atoms with Crippen molar-refractivity contribution in [1.82, 2.24) is 10.2 Å². The number of hydrogen-bond acceptors (Lipinski definition) is 4. The molecule has 0 aliphatic heterocycles. The first-order chi connectivity index (χ1) is 4.23. The number of hydrogen-bond donors (Lipinski definition) is 4. The molecule has 0 aliphatic rings. The quantitative estimate of drug-likeness (QED) is 0.317. The van der Waals surface area contributed by atoms with Gasteiger partial charge in [0.2, 0.25) is 0 Å². The van der Waals surface area contributed by atoms with Gasteiger partial charge in [-0.3, -0.25) is 5.10 Å². The SMILES string of the molecule is OB(O)O.c1cn[nH]c1. The average molecular weight is 130 g/mol. The summed E-state index contributed by atoms with van der Waals surface area (Å²) in [5, 5.41) is 27.7. The number of aromatic nitrogens is 2. The summed E-state index contributed by atoms with van der Waals surface area (Å²) in [6.45, 7) is 0. The van der Waals surface area contributed by atoms with Crippen LogP contribution in [0.3, 0.4) is 0 Å². The molecular weight excluding hydrogens is 123 g/mol. The van der Waals surface area contributed by atoms with E-state index in [4.69, 9.17) is 15.1 Å². The van der Waals surface area contributed by atoms with Gasteiger partial charge in [-0.05, 0) is 6.07 Å². The molecule has 1 rings (SSSR count). The Hall–Kier alpha value is -0.845. The van der Waals surface area contributed by atoms with Gasteiger partial charge >= 0.3 is 7.32 Å². The normalized spacial score (nSPS) is 7.44. The summed E-state index contributed by atoms with van der Waals surface area (Å²) in [7, 11) is -2.17. The Bertz CT molecular complexity index is 101. The van der Waals surface area contributed by atoms with Gasteiger partial charge in [0.15, 0.2) is 0 Å². The minimum atomic E-state index is -2.17. The molecule has 1 aromatic rings. The second-order valence-corrected chi connectivity index (χ2v) is 1.11. The van der Waals surface area contributed by atoms with Crippen molar-refractivity contribution in [3.05, 3.63) is 18.5 Å². The predicted octanol–water partition coefficient (Wildman–Crippen LogP) is -1.64. The number of H-pyrrole nitrogens is 1. The van der Waals surface area contributed by atoms with Crippen LogP contribution < -0.4 is 0 Å². The van der Waals surface area contributed by atoms with Crippen LogP contribution in [0.5, 0.6) is 0 Å². The van der Waals surface area contributed by atoms with Gasteiger partial charge in [-0.2, -0.15) is 5.10 Å². The van der Waals surface area contributed by atoms with Crippen molar-refractivity contribution in [2.24, 2.45) is 0 Å². The molecule has 50 valence electrons. The highest BCUT2D eigenvalue weighted by Crippen LogP contribution is 1.64. The Morgan fingerprint density at radius 3 is 2.00 bits per heavy atom. The van der Waals surface area contributed by atoms with Crippen LogP contribution in [0.1, 0.15) is 0 Å². The Morgan fingerprint density at radius 1 is 1.33 bits per heavy atom. The number of nitrogens with one attached hydrogen (secondary N) is 1. The molecular formula is C3H7BN2O3. The van der Waals surface area contributed by atoms with E-state index in [0.717, 1.165) is 0 Å². The van der Waals surface area contributed by atoms with Crippen molar-refractivity contribution in [3.8, 4) is 0 Å². The zero-order chi connectivity index (χ0) is 7.11. The van der Waals surface area contributed by atoms with Crippen molar-refractivity contribution in [2.45, 2.75) is 0 Å². The Balaban J connectivity index is 0.000000148. The lowest BCUT2D eigenvalue weighted by Gasteiger charge is -1.69. The van der Waals surface area contributed by atoms with E-state index in [0.29, 0.717) is 0 Å². The highest BCUT2D eigenvalue weighted by molar-refractivity contribution is 6.30. The molecule has 0 atom stereocenters. The standard InChI is InChI=1S/C3H4N2.BH3O3/c1-2-4-5-3-1;2-1(3)4/h1-3H,(H,4,5);2-4H. The minimum absolute atomic E-state index is 1.69. The maximum absolute atomic E-state index is 7.17. The summed E-state index contributed by atoms with van der Waals surface area (Å²) >= 11 is 0. The zero-order valence-corrected chi connectivity index (χ0v) is 4.60. The van der Waals surface area contributed by atoms with Crippen molar-refractivity contribution >= 4 is 7.32 Å². The third kappa shape index (κ3) is 11.0. The predicted molar refractivity (Wildman–Crippen MR) is 31.0 cm³/mol. The van der Waals surface area contributed by atoms with Crippen LogP contribution in [-0.2, 0) is 0 Å². The average Bonchev–Trinajstić information content (AvgIpc) is 2.11. The molecule has 0 amide bonds. The summed E-state index contributed by atoms with van der Waals surface area (Å²) in [5.74, 6) is 0. The van der Waals surface area contributed by atoms with Gasteiger partial charge in [-0.25, -0.2) is 0 Å². The van der Waals surface area contributed by atoms with Crippen molar-refractivity contribution in [2.75, 3.05) is 0 Å². The van der Waals surface area contributed by atoms with Crippen LogP contribution in [0, 0.1) is 0 Å². The summed E-state index contributed by atoms with van der Waals surface area (Å²) < 4.78 is 0. The molecule has 0 radical (unpaired) electrons. The topological polar surface area (TPSA) is 89.4 Å². The Kier molecular flexibility index (Phi) is 4.80. The van der Waals surface area contributed by atoms with Crippen molar-refractivity contribution in [3.63, 3.8) is 0 Å². The van der Waals surface area contributed by atoms with Crippen molar-refractivity contribution < 1.29 is 15.1 Å². The lowest BCUT2D eigenvalue weighted by molar-refractivity contribution is 0.278. The van der Waals surface area contributed by atoms with Gasteiger partial charge in [0, 0.05) is 12.4 Å². The lowest BCUT2D eigenvalue weighted by atomic mass is 10.3. The van der Waals surface area contributed by atoms with E-state index in [-0.39, 0.29) is 0 Å². The van der Waals surface area contributed by atoms with Gasteiger partial charge in [-0.1, -0.05) is 0 Å². The van der Waals surface area contributed by atoms with Gasteiger partial charge in [0.05, 0.1) is 0 Å². The fourth-order valence-electron chi connectivity index (χ4n) is 0.215. The molecule has 4 N–H and O–H groups in total. The molecule has 5 nitrogen and oxygen atoms in total. The van der Waals surface area contributed by atoms with Gasteiger partial charge in [0.25, 0.3) is 0 Å². The van der Waals surface area contributed by atoms with E-state index in [9.17, 15) is 0 Å². The van der Waals surface area contributed by atoms with Crippen LogP contribution >= 0.6 is 0 Å². The monoisotopic (exact) mass is 130 g/mol. The van der Waals surface area contributed by atoms with E-state index < -0.39 is 7.32 Å². The van der Waals surface area contributed by atoms with E-state index >= 15 is 0 Å². The van der Waals surface area contributed by atoms with Gasteiger partial charge in [0.1, 0.15) is 0 Å². The molecule has 0 saturated carbocycles.